The number of amides is 1. The Morgan fingerprint density at radius 2 is 2.29 bits per heavy atom. The Balaban J connectivity index is 1.73. The van der Waals surface area contributed by atoms with Crippen LogP contribution in [0.2, 0.25) is 0 Å². The Kier molecular flexibility index (Phi) is 2.38. The number of alkyl halides is 2. The molecule has 6 heteroatoms. The number of carbonyl (C=O) groups excluding carboxylic acids is 1. The molecule has 2 fully saturated rings. The van der Waals surface area contributed by atoms with Crippen molar-refractivity contribution < 1.29 is 13.6 Å². The van der Waals surface area contributed by atoms with Gasteiger partial charge in [-0.25, -0.2) is 4.68 Å². The first kappa shape index (κ1) is 10.7. The molecule has 0 radical (unpaired) electrons. The summed E-state index contributed by atoms with van der Waals surface area (Å²) >= 11 is 0. The third kappa shape index (κ3) is 1.62. The maximum absolute atomic E-state index is 12.3. The Hall–Kier alpha value is -1.46. The maximum Gasteiger partial charge on any atom is 0.333 e. The van der Waals surface area contributed by atoms with Gasteiger partial charge in [0.25, 0.3) is 5.91 Å². The molecule has 2 atom stereocenters. The van der Waals surface area contributed by atoms with Crippen LogP contribution in [-0.4, -0.2) is 33.2 Å². The van der Waals surface area contributed by atoms with Gasteiger partial charge in [-0.15, -0.1) is 0 Å². The van der Waals surface area contributed by atoms with E-state index in [1.54, 1.807) is 4.90 Å². The third-order valence-corrected chi connectivity index (χ3v) is 3.74. The lowest BCUT2D eigenvalue weighted by molar-refractivity contribution is 0.0254. The van der Waals surface area contributed by atoms with Gasteiger partial charge in [-0.3, -0.25) is 4.79 Å². The second kappa shape index (κ2) is 3.78. The molecule has 92 valence electrons. The summed E-state index contributed by atoms with van der Waals surface area (Å²) in [5.41, 5.74) is 0.121. The van der Waals surface area contributed by atoms with Crippen molar-refractivity contribution in [3.63, 3.8) is 0 Å². The van der Waals surface area contributed by atoms with E-state index in [0.717, 1.165) is 25.6 Å². The van der Waals surface area contributed by atoms with E-state index in [4.69, 9.17) is 0 Å². The Morgan fingerprint density at radius 3 is 2.94 bits per heavy atom. The minimum absolute atomic E-state index is 0.121. The van der Waals surface area contributed by atoms with Gasteiger partial charge in [0.15, 0.2) is 5.69 Å². The normalized spacial score (nSPS) is 27.1. The molecule has 1 saturated carbocycles. The van der Waals surface area contributed by atoms with Gasteiger partial charge < -0.3 is 4.90 Å². The summed E-state index contributed by atoms with van der Waals surface area (Å²) < 4.78 is 25.2. The Bertz CT molecular complexity index is 446. The van der Waals surface area contributed by atoms with E-state index in [0.29, 0.717) is 16.6 Å². The largest absolute Gasteiger partial charge is 0.334 e. The van der Waals surface area contributed by atoms with Gasteiger partial charge >= 0.3 is 6.55 Å². The summed E-state index contributed by atoms with van der Waals surface area (Å²) in [5.74, 6) is 0.406. The van der Waals surface area contributed by atoms with Crippen LogP contribution in [0.5, 0.6) is 0 Å². The first-order chi connectivity index (χ1) is 8.16. The van der Waals surface area contributed by atoms with Gasteiger partial charge in [0.2, 0.25) is 0 Å². The standard InChI is InChI=1S/C11H13F2N3O/c12-11(13)16-5-4-8(14-16)10(17)15-6-7-2-1-3-9(7)15/h4-5,7,9,11H,1-3,6H2/t7-,9-/m0/s1. The molecule has 1 saturated heterocycles. The van der Waals surface area contributed by atoms with E-state index in [-0.39, 0.29) is 11.6 Å². The molecule has 1 aromatic heterocycles. The molecule has 1 aromatic rings. The van der Waals surface area contributed by atoms with E-state index in [1.807, 2.05) is 0 Å². The van der Waals surface area contributed by atoms with E-state index in [2.05, 4.69) is 5.10 Å². The van der Waals surface area contributed by atoms with Crippen LogP contribution in [0.15, 0.2) is 12.3 Å². The highest BCUT2D eigenvalue weighted by molar-refractivity contribution is 5.93. The lowest BCUT2D eigenvalue weighted by atomic mass is 9.91. The quantitative estimate of drug-likeness (QED) is 0.793. The average molecular weight is 241 g/mol. The van der Waals surface area contributed by atoms with E-state index in [9.17, 15) is 13.6 Å². The molecule has 2 aliphatic rings. The zero-order chi connectivity index (χ0) is 12.0. The highest BCUT2D eigenvalue weighted by Crippen LogP contribution is 2.39. The number of likely N-dealkylation sites (tertiary alicyclic amines) is 1. The maximum atomic E-state index is 12.3. The fourth-order valence-corrected chi connectivity index (χ4v) is 2.83. The summed E-state index contributed by atoms with van der Waals surface area (Å²) in [6.45, 7) is -1.93. The van der Waals surface area contributed by atoms with Gasteiger partial charge in [-0.2, -0.15) is 13.9 Å². The van der Waals surface area contributed by atoms with Crippen LogP contribution in [-0.2, 0) is 0 Å². The number of halogens is 2. The smallest absolute Gasteiger partial charge is 0.333 e. The predicted molar refractivity (Wildman–Crippen MR) is 55.6 cm³/mol. The highest BCUT2D eigenvalue weighted by atomic mass is 19.3. The van der Waals surface area contributed by atoms with Crippen molar-refractivity contribution >= 4 is 5.91 Å². The third-order valence-electron chi connectivity index (χ3n) is 3.74. The van der Waals surface area contributed by atoms with Crippen LogP contribution in [0.4, 0.5) is 8.78 Å². The lowest BCUT2D eigenvalue weighted by Gasteiger charge is -2.44. The predicted octanol–water partition coefficient (Wildman–Crippen LogP) is 1.90. The molecule has 0 N–H and O–H groups in total. The zero-order valence-corrected chi connectivity index (χ0v) is 9.22. The zero-order valence-electron chi connectivity index (χ0n) is 9.22. The number of nitrogens with zero attached hydrogens (tertiary/aromatic N) is 3. The molecule has 1 aliphatic carbocycles. The topological polar surface area (TPSA) is 38.1 Å². The second-order valence-corrected chi connectivity index (χ2v) is 4.67. The van der Waals surface area contributed by atoms with Crippen molar-refractivity contribution in [3.05, 3.63) is 18.0 Å². The molecule has 4 nitrogen and oxygen atoms in total. The van der Waals surface area contributed by atoms with Crippen molar-refractivity contribution in [2.75, 3.05) is 6.54 Å². The molecule has 1 amide bonds. The van der Waals surface area contributed by atoms with Crippen LogP contribution in [0, 0.1) is 5.92 Å². The second-order valence-electron chi connectivity index (χ2n) is 4.67. The molecule has 3 rings (SSSR count). The van der Waals surface area contributed by atoms with Crippen molar-refractivity contribution in [1.29, 1.82) is 0 Å². The van der Waals surface area contributed by atoms with Crippen LogP contribution < -0.4 is 0 Å². The summed E-state index contributed by atoms with van der Waals surface area (Å²) in [4.78, 5) is 13.8. The van der Waals surface area contributed by atoms with Crippen molar-refractivity contribution in [2.45, 2.75) is 31.9 Å². The van der Waals surface area contributed by atoms with Crippen molar-refractivity contribution in [2.24, 2.45) is 5.92 Å². The summed E-state index contributed by atoms with van der Waals surface area (Å²) in [6.07, 6.45) is 4.51. The monoisotopic (exact) mass is 241 g/mol. The number of aromatic nitrogens is 2. The fraction of sp³-hybridized carbons (Fsp3) is 0.636. The van der Waals surface area contributed by atoms with Gasteiger partial charge in [-0.05, 0) is 24.8 Å². The highest BCUT2D eigenvalue weighted by Gasteiger charge is 2.45. The minimum Gasteiger partial charge on any atom is -0.334 e. The minimum atomic E-state index is -2.69. The number of hydrogen-bond acceptors (Lipinski definition) is 2. The molecule has 0 spiro atoms. The van der Waals surface area contributed by atoms with Gasteiger partial charge in [0, 0.05) is 18.8 Å². The number of rotatable bonds is 2. The number of hydrogen-bond donors (Lipinski definition) is 0. The summed E-state index contributed by atoms with van der Waals surface area (Å²) in [7, 11) is 0. The van der Waals surface area contributed by atoms with Gasteiger partial charge in [-0.1, -0.05) is 6.42 Å². The molecular weight excluding hydrogens is 228 g/mol. The first-order valence-electron chi connectivity index (χ1n) is 5.81. The Labute approximate surface area is 97.2 Å². The van der Waals surface area contributed by atoms with Crippen molar-refractivity contribution in [3.8, 4) is 0 Å². The number of carbonyl (C=O) groups is 1. The molecular formula is C11H13F2N3O. The SMILES string of the molecule is O=C(c1ccn(C(F)F)n1)N1C[C@@H]2CCC[C@@H]21. The molecule has 2 heterocycles. The Morgan fingerprint density at radius 1 is 1.47 bits per heavy atom. The van der Waals surface area contributed by atoms with Crippen LogP contribution >= 0.6 is 0 Å². The van der Waals surface area contributed by atoms with Crippen molar-refractivity contribution in [1.82, 2.24) is 14.7 Å². The van der Waals surface area contributed by atoms with E-state index in [1.165, 1.54) is 12.5 Å². The molecule has 0 aromatic carbocycles. The van der Waals surface area contributed by atoms with E-state index < -0.39 is 6.55 Å². The first-order valence-corrected chi connectivity index (χ1v) is 5.81. The molecule has 0 unspecified atom stereocenters. The number of fused-ring (bicyclic) bond motifs is 1. The average Bonchev–Trinajstić information content (AvgIpc) is 2.86. The summed E-state index contributed by atoms with van der Waals surface area (Å²) in [6, 6.07) is 1.68. The van der Waals surface area contributed by atoms with Crippen LogP contribution in [0.1, 0.15) is 36.3 Å². The van der Waals surface area contributed by atoms with E-state index >= 15 is 0 Å². The molecule has 0 bridgehead atoms. The van der Waals surface area contributed by atoms with Crippen LogP contribution in [0.3, 0.4) is 0 Å². The molecule has 17 heavy (non-hydrogen) atoms. The lowest BCUT2D eigenvalue weighted by Crippen LogP contribution is -2.56. The summed E-state index contributed by atoms with van der Waals surface area (Å²) in [5, 5.41) is 3.60. The molecule has 1 aliphatic heterocycles. The van der Waals surface area contributed by atoms with Gasteiger partial charge in [0.05, 0.1) is 0 Å². The van der Waals surface area contributed by atoms with Gasteiger partial charge in [0.1, 0.15) is 0 Å². The van der Waals surface area contributed by atoms with Crippen LogP contribution in [0.25, 0.3) is 0 Å². The fourth-order valence-electron chi connectivity index (χ4n) is 2.83.